The van der Waals surface area contributed by atoms with Crippen LogP contribution in [0.5, 0.6) is 5.75 Å². The summed E-state index contributed by atoms with van der Waals surface area (Å²) in [7, 11) is 0. The van der Waals surface area contributed by atoms with Gasteiger partial charge in [0.25, 0.3) is 5.69 Å². The summed E-state index contributed by atoms with van der Waals surface area (Å²) in [6, 6.07) is 10.7. The lowest BCUT2D eigenvalue weighted by Crippen LogP contribution is -2.29. The van der Waals surface area contributed by atoms with E-state index in [1.807, 2.05) is 12.1 Å². The van der Waals surface area contributed by atoms with Crippen LogP contribution in [0.3, 0.4) is 0 Å². The normalized spacial score (nSPS) is 22.7. The maximum atomic E-state index is 11.2. The Morgan fingerprint density at radius 2 is 2.11 bits per heavy atom. The van der Waals surface area contributed by atoms with E-state index < -0.39 is 0 Å². The number of hydrogen-bond acceptors (Lipinski definition) is 4. The number of fused-ring (bicyclic) bond motifs is 3. The Hall–Kier alpha value is -2.53. The first-order valence-corrected chi connectivity index (χ1v) is 9.60. The number of rotatable bonds is 5. The van der Waals surface area contributed by atoms with Crippen LogP contribution < -0.4 is 10.1 Å². The topological polar surface area (TPSA) is 64.4 Å². The molecule has 1 heterocycles. The first-order valence-electron chi connectivity index (χ1n) is 9.22. The van der Waals surface area contributed by atoms with Gasteiger partial charge in [-0.2, -0.15) is 0 Å². The molecular weight excluding hydrogens is 364 g/mol. The first-order chi connectivity index (χ1) is 13.1. The van der Waals surface area contributed by atoms with Crippen molar-refractivity contribution < 1.29 is 9.66 Å². The highest BCUT2D eigenvalue weighted by molar-refractivity contribution is 6.31. The van der Waals surface area contributed by atoms with Crippen LogP contribution in [0, 0.1) is 16.0 Å². The fourth-order valence-corrected chi connectivity index (χ4v) is 4.31. The second kappa shape index (κ2) is 7.24. The molecule has 0 spiro atoms. The van der Waals surface area contributed by atoms with E-state index in [-0.39, 0.29) is 28.5 Å². The summed E-state index contributed by atoms with van der Waals surface area (Å²) in [4.78, 5) is 10.8. The molecular formula is C21H21ClN2O3. The molecule has 1 N–H and O–H groups in total. The van der Waals surface area contributed by atoms with Gasteiger partial charge in [-0.3, -0.25) is 10.1 Å². The molecule has 0 saturated heterocycles. The number of nitrogens with one attached hydrogen (secondary N) is 1. The van der Waals surface area contributed by atoms with Crippen LogP contribution in [0.2, 0.25) is 5.02 Å². The molecule has 3 atom stereocenters. The van der Waals surface area contributed by atoms with E-state index in [2.05, 4.69) is 30.5 Å². The second-order valence-corrected chi connectivity index (χ2v) is 7.44. The number of nitro benzene ring substituents is 1. The number of hydrogen-bond donors (Lipinski definition) is 1. The van der Waals surface area contributed by atoms with Crippen molar-refractivity contribution in [2.24, 2.45) is 5.92 Å². The highest BCUT2D eigenvalue weighted by atomic mass is 35.5. The smallest absolute Gasteiger partial charge is 0.269 e. The molecule has 2 aromatic carbocycles. The molecule has 3 unspecified atom stereocenters. The third-order valence-electron chi connectivity index (χ3n) is 5.33. The number of ether oxygens (including phenoxy) is 1. The van der Waals surface area contributed by atoms with Crippen molar-refractivity contribution in [1.29, 1.82) is 0 Å². The molecule has 0 radical (unpaired) electrons. The van der Waals surface area contributed by atoms with Crippen molar-refractivity contribution in [2.45, 2.75) is 31.7 Å². The van der Waals surface area contributed by atoms with Crippen molar-refractivity contribution in [3.05, 3.63) is 74.8 Å². The number of halogens is 1. The van der Waals surface area contributed by atoms with Crippen LogP contribution >= 0.6 is 11.6 Å². The zero-order chi connectivity index (χ0) is 19.0. The summed E-state index contributed by atoms with van der Waals surface area (Å²) in [6.45, 7) is 2.78. The number of allylic oxidation sites excluding steroid dienone is 2. The molecule has 6 heteroatoms. The Morgan fingerprint density at radius 1 is 1.26 bits per heavy atom. The zero-order valence-electron chi connectivity index (χ0n) is 15.0. The lowest BCUT2D eigenvalue weighted by Gasteiger charge is -2.38. The van der Waals surface area contributed by atoms with Crippen molar-refractivity contribution >= 4 is 23.0 Å². The van der Waals surface area contributed by atoms with Crippen molar-refractivity contribution in [2.75, 3.05) is 11.9 Å². The number of anilines is 1. The Balaban J connectivity index is 1.72. The first kappa shape index (κ1) is 17.9. The highest BCUT2D eigenvalue weighted by Gasteiger charge is 2.39. The second-order valence-electron chi connectivity index (χ2n) is 7.04. The van der Waals surface area contributed by atoms with Gasteiger partial charge in [0.05, 0.1) is 17.6 Å². The van der Waals surface area contributed by atoms with Crippen molar-refractivity contribution in [1.82, 2.24) is 0 Å². The van der Waals surface area contributed by atoms with E-state index in [1.165, 1.54) is 11.6 Å². The van der Waals surface area contributed by atoms with Gasteiger partial charge < -0.3 is 10.1 Å². The number of nitrogens with zero attached hydrogens (tertiary/aromatic N) is 1. The van der Waals surface area contributed by atoms with E-state index in [0.29, 0.717) is 11.6 Å². The lowest BCUT2D eigenvalue weighted by molar-refractivity contribution is -0.384. The average molecular weight is 385 g/mol. The molecule has 0 saturated carbocycles. The molecule has 1 aliphatic heterocycles. The summed E-state index contributed by atoms with van der Waals surface area (Å²) in [5, 5.41) is 15.3. The molecule has 4 rings (SSSR count). The van der Waals surface area contributed by atoms with Crippen LogP contribution in [0.15, 0.2) is 48.6 Å². The summed E-state index contributed by atoms with van der Waals surface area (Å²) >= 11 is 6.43. The van der Waals surface area contributed by atoms with Gasteiger partial charge >= 0.3 is 0 Å². The van der Waals surface area contributed by atoms with Crippen molar-refractivity contribution in [3.8, 4) is 5.75 Å². The largest absolute Gasteiger partial charge is 0.494 e. The Labute approximate surface area is 163 Å². The van der Waals surface area contributed by atoms with E-state index in [4.69, 9.17) is 16.3 Å². The Morgan fingerprint density at radius 3 is 2.89 bits per heavy atom. The van der Waals surface area contributed by atoms with Gasteiger partial charge in [-0.25, -0.2) is 0 Å². The predicted octanol–water partition coefficient (Wildman–Crippen LogP) is 5.86. The van der Waals surface area contributed by atoms with Gasteiger partial charge in [0.1, 0.15) is 5.75 Å². The van der Waals surface area contributed by atoms with Crippen LogP contribution in [-0.2, 0) is 0 Å². The molecule has 140 valence electrons. The lowest BCUT2D eigenvalue weighted by atomic mass is 9.77. The highest BCUT2D eigenvalue weighted by Crippen LogP contribution is 2.51. The predicted molar refractivity (Wildman–Crippen MR) is 107 cm³/mol. The Kier molecular flexibility index (Phi) is 4.79. The molecule has 0 aromatic heterocycles. The third kappa shape index (κ3) is 3.28. The summed E-state index contributed by atoms with van der Waals surface area (Å²) in [6.07, 6.45) is 6.28. The van der Waals surface area contributed by atoms with Crippen LogP contribution in [0.4, 0.5) is 11.4 Å². The zero-order valence-corrected chi connectivity index (χ0v) is 15.8. The van der Waals surface area contributed by atoms with E-state index in [1.54, 1.807) is 12.1 Å². The van der Waals surface area contributed by atoms with E-state index in [0.717, 1.165) is 29.8 Å². The molecule has 0 amide bonds. The van der Waals surface area contributed by atoms with Gasteiger partial charge in [-0.1, -0.05) is 30.7 Å². The Bertz CT molecular complexity index is 912. The molecule has 27 heavy (non-hydrogen) atoms. The van der Waals surface area contributed by atoms with Crippen molar-refractivity contribution in [3.63, 3.8) is 0 Å². The van der Waals surface area contributed by atoms with Gasteiger partial charge in [0.2, 0.25) is 0 Å². The quantitative estimate of drug-likeness (QED) is 0.398. The standard InChI is InChI=1S/C21H21ClN2O3/c1-2-10-27-14-7-9-20-17(12-14)15-4-3-5-16(15)21(23-20)18-11-13(24(25)26)6-8-19(18)22/h3-4,6-9,11-12,15-16,21,23H,2,5,10H2,1H3. The van der Waals surface area contributed by atoms with E-state index >= 15 is 0 Å². The number of non-ortho nitro benzene ring substituents is 1. The molecule has 1 aliphatic carbocycles. The summed E-state index contributed by atoms with van der Waals surface area (Å²) in [5.41, 5.74) is 3.08. The minimum atomic E-state index is -0.377. The minimum Gasteiger partial charge on any atom is -0.494 e. The molecule has 2 aromatic rings. The molecule has 0 fully saturated rings. The summed E-state index contributed by atoms with van der Waals surface area (Å²) in [5.74, 6) is 1.38. The van der Waals surface area contributed by atoms with Gasteiger partial charge in [-0.05, 0) is 48.6 Å². The SMILES string of the molecule is CCCOc1ccc2c(c1)C1C=CCC1C(c1cc([N+](=O)[O-])ccc1Cl)N2. The van der Waals surface area contributed by atoms with Crippen LogP contribution in [0.1, 0.15) is 42.9 Å². The monoisotopic (exact) mass is 384 g/mol. The van der Waals surface area contributed by atoms with Crippen LogP contribution in [-0.4, -0.2) is 11.5 Å². The number of nitro groups is 1. The number of benzene rings is 2. The molecule has 5 nitrogen and oxygen atoms in total. The summed E-state index contributed by atoms with van der Waals surface area (Å²) < 4.78 is 5.79. The van der Waals surface area contributed by atoms with Crippen LogP contribution in [0.25, 0.3) is 0 Å². The average Bonchev–Trinajstić information content (AvgIpc) is 3.16. The maximum absolute atomic E-state index is 11.2. The molecule has 0 bridgehead atoms. The van der Waals surface area contributed by atoms with E-state index in [9.17, 15) is 10.1 Å². The fourth-order valence-electron chi connectivity index (χ4n) is 4.07. The van der Waals surface area contributed by atoms with Gasteiger partial charge in [0.15, 0.2) is 0 Å². The van der Waals surface area contributed by atoms with Gasteiger partial charge in [0, 0.05) is 34.3 Å². The minimum absolute atomic E-state index is 0.0628. The third-order valence-corrected chi connectivity index (χ3v) is 5.68. The maximum Gasteiger partial charge on any atom is 0.269 e. The fraction of sp³-hybridized carbons (Fsp3) is 0.333. The molecule has 2 aliphatic rings. The van der Waals surface area contributed by atoms with Gasteiger partial charge in [-0.15, -0.1) is 0 Å².